The average molecular weight is 475 g/mol. The molecule has 8 nitrogen and oxygen atoms in total. The summed E-state index contributed by atoms with van der Waals surface area (Å²) >= 11 is 0. The second-order valence-corrected chi connectivity index (χ2v) is 8.02. The third-order valence-electron chi connectivity index (χ3n) is 5.05. The van der Waals surface area contributed by atoms with Gasteiger partial charge >= 0.3 is 5.97 Å². The number of rotatable bonds is 18. The normalized spacial score (nSPS) is 13.2. The molecule has 1 aromatic carbocycles. The molecule has 0 aliphatic rings. The Hall–Kier alpha value is -2.97. The molecule has 34 heavy (non-hydrogen) atoms. The fourth-order valence-electron chi connectivity index (χ4n) is 3.30. The van der Waals surface area contributed by atoms with Gasteiger partial charge < -0.3 is 25.2 Å². The van der Waals surface area contributed by atoms with Crippen molar-refractivity contribution in [1.82, 2.24) is 10.6 Å². The predicted octanol–water partition coefficient (Wildman–Crippen LogP) is 2.18. The molecule has 0 radical (unpaired) electrons. The molecule has 8 heteroatoms. The first-order valence-electron chi connectivity index (χ1n) is 11.6. The standard InChI is InChI=1S/C26H38N2O6/c1-4-9-22(18-24(30)27-13-15-33-16-14-29)25(31)28-19-20(3)34-26(32)23(10-5-2)17-21-11-7-6-8-12-21/h4-8,11-12,20,22-23,29H,1-2,9-10,13-19H2,3H3,(H,27,30)(H,28,31)/t20-,22-,23-/m0/s1. The summed E-state index contributed by atoms with van der Waals surface area (Å²) in [4.78, 5) is 37.4. The minimum Gasteiger partial charge on any atom is -0.461 e. The van der Waals surface area contributed by atoms with Crippen molar-refractivity contribution in [2.75, 3.05) is 32.9 Å². The van der Waals surface area contributed by atoms with E-state index in [-0.39, 0.29) is 56.5 Å². The van der Waals surface area contributed by atoms with E-state index in [1.165, 1.54) is 0 Å². The Labute approximate surface area is 202 Å². The zero-order valence-electron chi connectivity index (χ0n) is 20.0. The van der Waals surface area contributed by atoms with Gasteiger partial charge in [-0.15, -0.1) is 13.2 Å². The number of ether oxygens (including phenoxy) is 2. The van der Waals surface area contributed by atoms with E-state index in [0.29, 0.717) is 25.8 Å². The summed E-state index contributed by atoms with van der Waals surface area (Å²) in [5, 5.41) is 14.1. The number of hydrogen-bond acceptors (Lipinski definition) is 6. The van der Waals surface area contributed by atoms with Crippen LogP contribution in [-0.4, -0.2) is 61.9 Å². The lowest BCUT2D eigenvalue weighted by Gasteiger charge is -2.20. The zero-order chi connectivity index (χ0) is 25.2. The molecule has 0 unspecified atom stereocenters. The van der Waals surface area contributed by atoms with Crippen molar-refractivity contribution in [3.63, 3.8) is 0 Å². The van der Waals surface area contributed by atoms with Crippen molar-refractivity contribution in [2.45, 2.75) is 38.7 Å². The van der Waals surface area contributed by atoms with Gasteiger partial charge in [-0.1, -0.05) is 42.5 Å². The van der Waals surface area contributed by atoms with Crippen LogP contribution in [0.1, 0.15) is 31.7 Å². The Bertz CT molecular complexity index is 768. The molecule has 0 heterocycles. The van der Waals surface area contributed by atoms with Crippen LogP contribution in [0.2, 0.25) is 0 Å². The number of esters is 1. The molecular formula is C26H38N2O6. The molecule has 0 aliphatic carbocycles. The first kappa shape index (κ1) is 29.1. The monoisotopic (exact) mass is 474 g/mol. The highest BCUT2D eigenvalue weighted by Gasteiger charge is 2.24. The molecule has 0 aromatic heterocycles. The fourth-order valence-corrected chi connectivity index (χ4v) is 3.30. The van der Waals surface area contributed by atoms with Crippen LogP contribution >= 0.6 is 0 Å². The maximum atomic E-state index is 12.7. The van der Waals surface area contributed by atoms with Gasteiger partial charge in [-0.2, -0.15) is 0 Å². The summed E-state index contributed by atoms with van der Waals surface area (Å²) in [5.74, 6) is -1.85. The summed E-state index contributed by atoms with van der Waals surface area (Å²) in [6.07, 6.45) is 4.15. The number of aliphatic hydroxyl groups excluding tert-OH is 1. The van der Waals surface area contributed by atoms with Crippen molar-refractivity contribution in [3.05, 3.63) is 61.2 Å². The lowest BCUT2D eigenvalue weighted by Crippen LogP contribution is -2.39. The average Bonchev–Trinajstić information content (AvgIpc) is 2.82. The molecule has 188 valence electrons. The number of carbonyl (C=O) groups is 3. The van der Waals surface area contributed by atoms with E-state index >= 15 is 0 Å². The smallest absolute Gasteiger partial charge is 0.309 e. The van der Waals surface area contributed by atoms with Crippen LogP contribution in [-0.2, 0) is 30.3 Å². The van der Waals surface area contributed by atoms with Crippen LogP contribution < -0.4 is 10.6 Å². The van der Waals surface area contributed by atoms with Gasteiger partial charge in [-0.05, 0) is 31.7 Å². The molecule has 1 aromatic rings. The van der Waals surface area contributed by atoms with Crippen LogP contribution in [0.15, 0.2) is 55.6 Å². The minimum absolute atomic E-state index is 0.00447. The van der Waals surface area contributed by atoms with Gasteiger partial charge in [0.1, 0.15) is 6.10 Å². The van der Waals surface area contributed by atoms with E-state index in [1.807, 2.05) is 30.3 Å². The van der Waals surface area contributed by atoms with Gasteiger partial charge in [-0.3, -0.25) is 14.4 Å². The number of allylic oxidation sites excluding steroid dienone is 2. The summed E-state index contributed by atoms with van der Waals surface area (Å²) in [5.41, 5.74) is 1.04. The molecule has 0 aliphatic heterocycles. The Balaban J connectivity index is 2.49. The fraction of sp³-hybridized carbons (Fsp3) is 0.500. The highest BCUT2D eigenvalue weighted by Crippen LogP contribution is 2.16. The van der Waals surface area contributed by atoms with E-state index in [0.717, 1.165) is 5.56 Å². The van der Waals surface area contributed by atoms with Gasteiger partial charge in [0, 0.05) is 13.0 Å². The Morgan fingerprint density at radius 1 is 1.03 bits per heavy atom. The van der Waals surface area contributed by atoms with Crippen LogP contribution in [0, 0.1) is 11.8 Å². The number of amides is 2. The van der Waals surface area contributed by atoms with Crippen molar-refractivity contribution in [3.8, 4) is 0 Å². The second kappa shape index (κ2) is 17.5. The first-order valence-corrected chi connectivity index (χ1v) is 11.6. The molecular weight excluding hydrogens is 436 g/mol. The van der Waals surface area contributed by atoms with Crippen molar-refractivity contribution >= 4 is 17.8 Å². The largest absolute Gasteiger partial charge is 0.461 e. The topological polar surface area (TPSA) is 114 Å². The molecule has 2 amide bonds. The Morgan fingerprint density at radius 2 is 1.71 bits per heavy atom. The van der Waals surface area contributed by atoms with E-state index in [4.69, 9.17) is 14.6 Å². The number of nitrogens with one attached hydrogen (secondary N) is 2. The van der Waals surface area contributed by atoms with Crippen molar-refractivity contribution < 1.29 is 29.0 Å². The predicted molar refractivity (Wildman–Crippen MR) is 131 cm³/mol. The lowest BCUT2D eigenvalue weighted by molar-refractivity contribution is -0.153. The van der Waals surface area contributed by atoms with Crippen LogP contribution in [0.5, 0.6) is 0 Å². The third-order valence-corrected chi connectivity index (χ3v) is 5.05. The van der Waals surface area contributed by atoms with Gasteiger partial charge in [0.2, 0.25) is 11.8 Å². The van der Waals surface area contributed by atoms with E-state index in [1.54, 1.807) is 19.1 Å². The quantitative estimate of drug-likeness (QED) is 0.171. The van der Waals surface area contributed by atoms with E-state index in [9.17, 15) is 14.4 Å². The van der Waals surface area contributed by atoms with Crippen LogP contribution in [0.25, 0.3) is 0 Å². The molecule has 3 atom stereocenters. The highest BCUT2D eigenvalue weighted by molar-refractivity contribution is 5.86. The minimum atomic E-state index is -0.578. The van der Waals surface area contributed by atoms with E-state index < -0.39 is 12.0 Å². The molecule has 0 saturated carbocycles. The molecule has 1 rings (SSSR count). The molecule has 0 saturated heterocycles. The number of carbonyl (C=O) groups excluding carboxylic acids is 3. The van der Waals surface area contributed by atoms with Gasteiger partial charge in [0.25, 0.3) is 0 Å². The molecule has 3 N–H and O–H groups in total. The maximum Gasteiger partial charge on any atom is 0.309 e. The molecule has 0 fully saturated rings. The van der Waals surface area contributed by atoms with E-state index in [2.05, 4.69) is 23.8 Å². The molecule has 0 bridgehead atoms. The van der Waals surface area contributed by atoms with Gasteiger partial charge in [-0.25, -0.2) is 0 Å². The summed E-state index contributed by atoms with van der Waals surface area (Å²) in [7, 11) is 0. The van der Waals surface area contributed by atoms with Crippen LogP contribution in [0.3, 0.4) is 0 Å². The lowest BCUT2D eigenvalue weighted by atomic mass is 9.96. The van der Waals surface area contributed by atoms with Crippen molar-refractivity contribution in [1.29, 1.82) is 0 Å². The summed E-state index contributed by atoms with van der Waals surface area (Å²) in [6, 6.07) is 9.70. The number of hydrogen-bond donors (Lipinski definition) is 3. The number of benzene rings is 1. The molecule has 0 spiro atoms. The maximum absolute atomic E-state index is 12.7. The van der Waals surface area contributed by atoms with Gasteiger partial charge in [0.05, 0.1) is 38.2 Å². The highest BCUT2D eigenvalue weighted by atomic mass is 16.5. The zero-order valence-corrected chi connectivity index (χ0v) is 20.0. The SMILES string of the molecule is C=CC[C@@H](CC(=O)NCCOCCO)C(=O)NC[C@H](C)OC(=O)[C@@H](CC=C)Cc1ccccc1. The summed E-state index contributed by atoms with van der Waals surface area (Å²) in [6.45, 7) is 9.96. The number of aliphatic hydroxyl groups is 1. The first-order chi connectivity index (χ1) is 16.4. The van der Waals surface area contributed by atoms with Crippen molar-refractivity contribution in [2.24, 2.45) is 11.8 Å². The Kier molecular flexibility index (Phi) is 15.0. The summed E-state index contributed by atoms with van der Waals surface area (Å²) < 4.78 is 10.6. The van der Waals surface area contributed by atoms with Crippen LogP contribution in [0.4, 0.5) is 0 Å². The second-order valence-electron chi connectivity index (χ2n) is 8.02. The third kappa shape index (κ3) is 12.3. The Morgan fingerprint density at radius 3 is 2.35 bits per heavy atom. The van der Waals surface area contributed by atoms with Gasteiger partial charge in [0.15, 0.2) is 0 Å².